The van der Waals surface area contributed by atoms with Crippen molar-refractivity contribution < 1.29 is 19.1 Å². The van der Waals surface area contributed by atoms with Gasteiger partial charge in [0.25, 0.3) is 0 Å². The SMILES string of the molecule is COC(=O)[C@](C/C=C\c1ccccc1)(NC(C)=O)C(=O)c1ccccc1. The zero-order chi connectivity index (χ0) is 19.0. The summed E-state index contributed by atoms with van der Waals surface area (Å²) in [4.78, 5) is 37.4. The molecule has 5 heteroatoms. The van der Waals surface area contributed by atoms with E-state index in [1.54, 1.807) is 42.5 Å². The van der Waals surface area contributed by atoms with Gasteiger partial charge in [0.1, 0.15) is 0 Å². The Labute approximate surface area is 152 Å². The minimum atomic E-state index is -1.81. The third-order valence-electron chi connectivity index (χ3n) is 3.88. The molecule has 5 nitrogen and oxygen atoms in total. The highest BCUT2D eigenvalue weighted by Gasteiger charge is 2.47. The van der Waals surface area contributed by atoms with Crippen LogP contribution >= 0.6 is 0 Å². The second kappa shape index (κ2) is 8.76. The first kappa shape index (κ1) is 19.1. The molecule has 1 N–H and O–H groups in total. The highest BCUT2D eigenvalue weighted by Crippen LogP contribution is 2.22. The molecule has 0 saturated carbocycles. The predicted octanol–water partition coefficient (Wildman–Crippen LogP) is 3.02. The molecule has 0 spiro atoms. The Hall–Kier alpha value is -3.21. The van der Waals surface area contributed by atoms with Crippen LogP contribution < -0.4 is 5.32 Å². The van der Waals surface area contributed by atoms with Crippen molar-refractivity contribution in [1.82, 2.24) is 5.32 Å². The van der Waals surface area contributed by atoms with E-state index in [2.05, 4.69) is 5.32 Å². The molecule has 1 amide bonds. The molecule has 0 aliphatic heterocycles. The fraction of sp³-hybridized carbons (Fsp3) is 0.190. The van der Waals surface area contributed by atoms with Crippen LogP contribution in [0.3, 0.4) is 0 Å². The number of carbonyl (C=O) groups is 3. The molecule has 0 aromatic heterocycles. The molecule has 134 valence electrons. The number of benzene rings is 2. The number of ether oxygens (including phenoxy) is 1. The third kappa shape index (κ3) is 4.45. The minimum absolute atomic E-state index is 0.0259. The maximum atomic E-state index is 13.1. The molecule has 0 bridgehead atoms. The highest BCUT2D eigenvalue weighted by molar-refractivity contribution is 6.18. The number of hydrogen-bond acceptors (Lipinski definition) is 4. The van der Waals surface area contributed by atoms with Crippen molar-refractivity contribution in [2.45, 2.75) is 18.9 Å². The average Bonchev–Trinajstić information content (AvgIpc) is 2.67. The molecular weight excluding hydrogens is 330 g/mol. The first-order chi connectivity index (χ1) is 12.5. The molecule has 1 atom stereocenters. The van der Waals surface area contributed by atoms with Gasteiger partial charge in [0.2, 0.25) is 11.4 Å². The Balaban J connectivity index is 2.41. The van der Waals surface area contributed by atoms with Gasteiger partial charge in [0.05, 0.1) is 7.11 Å². The van der Waals surface area contributed by atoms with Crippen molar-refractivity contribution in [2.24, 2.45) is 0 Å². The largest absolute Gasteiger partial charge is 0.467 e. The predicted molar refractivity (Wildman–Crippen MR) is 99.4 cm³/mol. The molecule has 0 unspecified atom stereocenters. The van der Waals surface area contributed by atoms with E-state index in [0.717, 1.165) is 5.56 Å². The lowest BCUT2D eigenvalue weighted by atomic mass is 9.85. The molecule has 26 heavy (non-hydrogen) atoms. The summed E-state index contributed by atoms with van der Waals surface area (Å²) in [5, 5.41) is 2.51. The molecule has 0 radical (unpaired) electrons. The molecule has 0 aliphatic carbocycles. The number of hydrogen-bond donors (Lipinski definition) is 1. The Morgan fingerprint density at radius 2 is 1.58 bits per heavy atom. The zero-order valence-corrected chi connectivity index (χ0v) is 14.8. The second-order valence-corrected chi connectivity index (χ2v) is 5.79. The van der Waals surface area contributed by atoms with Crippen molar-refractivity contribution in [3.8, 4) is 0 Å². The molecule has 0 aliphatic rings. The van der Waals surface area contributed by atoms with E-state index in [0.29, 0.717) is 5.56 Å². The van der Waals surface area contributed by atoms with Gasteiger partial charge < -0.3 is 10.1 Å². The molecule has 2 rings (SSSR count). The standard InChI is InChI=1S/C21H21NO4/c1-16(23)22-21(20(25)26-2,19(24)18-13-7-4-8-14-18)15-9-12-17-10-5-3-6-11-17/h3-14H,15H2,1-2H3,(H,22,23)/b12-9-/t21-/m1/s1. The van der Waals surface area contributed by atoms with Crippen LogP contribution in [0.25, 0.3) is 6.08 Å². The van der Waals surface area contributed by atoms with E-state index in [9.17, 15) is 14.4 Å². The number of carbonyl (C=O) groups excluding carboxylic acids is 3. The third-order valence-corrected chi connectivity index (χ3v) is 3.88. The van der Waals surface area contributed by atoms with E-state index < -0.39 is 23.2 Å². The molecule has 2 aromatic carbocycles. The summed E-state index contributed by atoms with van der Waals surface area (Å²) < 4.78 is 4.85. The summed E-state index contributed by atoms with van der Waals surface area (Å²) in [6.07, 6.45) is 3.45. The maximum absolute atomic E-state index is 13.1. The van der Waals surface area contributed by atoms with E-state index in [1.165, 1.54) is 14.0 Å². The lowest BCUT2D eigenvalue weighted by Crippen LogP contribution is -2.60. The van der Waals surface area contributed by atoms with E-state index >= 15 is 0 Å². The molecule has 2 aromatic rings. The van der Waals surface area contributed by atoms with Crippen LogP contribution in [0, 0.1) is 0 Å². The van der Waals surface area contributed by atoms with Gasteiger partial charge in [-0.2, -0.15) is 0 Å². The minimum Gasteiger partial charge on any atom is -0.467 e. The van der Waals surface area contributed by atoms with E-state index in [-0.39, 0.29) is 6.42 Å². The van der Waals surface area contributed by atoms with Crippen LogP contribution in [0.15, 0.2) is 66.7 Å². The van der Waals surface area contributed by atoms with Gasteiger partial charge in [0.15, 0.2) is 5.78 Å². The summed E-state index contributed by atoms with van der Waals surface area (Å²) in [5.74, 6) is -1.81. The first-order valence-corrected chi connectivity index (χ1v) is 8.18. The molecule has 0 heterocycles. The van der Waals surface area contributed by atoms with Crippen LogP contribution in [-0.2, 0) is 14.3 Å². The van der Waals surface area contributed by atoms with Gasteiger partial charge in [-0.3, -0.25) is 9.59 Å². The number of nitrogens with one attached hydrogen (secondary N) is 1. The number of Topliss-reactive ketones (excluding diaryl/α,β-unsaturated/α-hetero) is 1. The Morgan fingerprint density at radius 3 is 2.12 bits per heavy atom. The van der Waals surface area contributed by atoms with Crippen LogP contribution in [0.2, 0.25) is 0 Å². The topological polar surface area (TPSA) is 72.5 Å². The number of rotatable bonds is 7. The van der Waals surface area contributed by atoms with Gasteiger partial charge in [-0.05, 0) is 5.56 Å². The summed E-state index contributed by atoms with van der Waals surface area (Å²) in [7, 11) is 1.19. The van der Waals surface area contributed by atoms with Crippen molar-refractivity contribution in [2.75, 3.05) is 7.11 Å². The molecule has 0 saturated heterocycles. The fourth-order valence-corrected chi connectivity index (χ4v) is 2.67. The van der Waals surface area contributed by atoms with Gasteiger partial charge in [-0.1, -0.05) is 72.8 Å². The van der Waals surface area contributed by atoms with Crippen LogP contribution in [-0.4, -0.2) is 30.3 Å². The maximum Gasteiger partial charge on any atom is 0.340 e. The summed E-state index contributed by atoms with van der Waals surface area (Å²) >= 11 is 0. The van der Waals surface area contributed by atoms with E-state index in [1.807, 2.05) is 30.3 Å². The van der Waals surface area contributed by atoms with Crippen LogP contribution in [0.4, 0.5) is 0 Å². The Bertz CT molecular complexity index is 799. The highest BCUT2D eigenvalue weighted by atomic mass is 16.5. The molecule has 0 fully saturated rings. The summed E-state index contributed by atoms with van der Waals surface area (Å²) in [6.45, 7) is 1.26. The number of amides is 1. The number of methoxy groups -OCH3 is 1. The number of ketones is 1. The van der Waals surface area contributed by atoms with Crippen molar-refractivity contribution >= 4 is 23.7 Å². The fourth-order valence-electron chi connectivity index (χ4n) is 2.67. The van der Waals surface area contributed by atoms with Crippen molar-refractivity contribution in [3.63, 3.8) is 0 Å². The Kier molecular flexibility index (Phi) is 6.44. The van der Waals surface area contributed by atoms with Crippen LogP contribution in [0.5, 0.6) is 0 Å². The number of esters is 1. The lowest BCUT2D eigenvalue weighted by molar-refractivity contribution is -0.148. The quantitative estimate of drug-likeness (QED) is 0.473. The van der Waals surface area contributed by atoms with Gasteiger partial charge in [0, 0.05) is 18.9 Å². The van der Waals surface area contributed by atoms with Gasteiger partial charge >= 0.3 is 5.97 Å². The summed E-state index contributed by atoms with van der Waals surface area (Å²) in [6, 6.07) is 17.8. The molecular formula is C21H21NO4. The summed E-state index contributed by atoms with van der Waals surface area (Å²) in [5.41, 5.74) is -0.575. The second-order valence-electron chi connectivity index (χ2n) is 5.79. The van der Waals surface area contributed by atoms with Crippen LogP contribution in [0.1, 0.15) is 29.3 Å². The first-order valence-electron chi connectivity index (χ1n) is 8.18. The Morgan fingerprint density at radius 1 is 1.00 bits per heavy atom. The zero-order valence-electron chi connectivity index (χ0n) is 14.8. The van der Waals surface area contributed by atoms with Crippen molar-refractivity contribution in [3.05, 3.63) is 77.9 Å². The van der Waals surface area contributed by atoms with Gasteiger partial charge in [-0.25, -0.2) is 4.79 Å². The van der Waals surface area contributed by atoms with Crippen molar-refractivity contribution in [1.29, 1.82) is 0 Å². The monoisotopic (exact) mass is 351 g/mol. The smallest absolute Gasteiger partial charge is 0.340 e. The normalized spacial score (nSPS) is 13.0. The average molecular weight is 351 g/mol. The van der Waals surface area contributed by atoms with Gasteiger partial charge in [-0.15, -0.1) is 0 Å². The lowest BCUT2D eigenvalue weighted by Gasteiger charge is -2.29. The van der Waals surface area contributed by atoms with E-state index in [4.69, 9.17) is 4.74 Å².